The minimum Gasteiger partial charge on any atom is -0.466 e. The first-order chi connectivity index (χ1) is 13.1. The van der Waals surface area contributed by atoms with Gasteiger partial charge in [-0.15, -0.1) is 0 Å². The number of benzene rings is 2. The normalized spacial score (nSPS) is 13.9. The molecule has 0 fully saturated rings. The summed E-state index contributed by atoms with van der Waals surface area (Å²) in [5.74, 6) is -0.871. The Hall–Kier alpha value is -3.12. The molecular weight excluding hydrogens is 344 g/mol. The van der Waals surface area contributed by atoms with Gasteiger partial charge in [-0.25, -0.2) is 4.79 Å². The molecule has 6 heteroatoms. The Labute approximate surface area is 158 Å². The van der Waals surface area contributed by atoms with Gasteiger partial charge in [0.1, 0.15) is 5.70 Å². The third kappa shape index (κ3) is 4.35. The topological polar surface area (TPSA) is 78.9 Å². The third-order valence-corrected chi connectivity index (χ3v) is 4.43. The number of esters is 1. The molecule has 0 aromatic heterocycles. The monoisotopic (exact) mass is 366 g/mol. The first kappa shape index (κ1) is 18.7. The van der Waals surface area contributed by atoms with Crippen molar-refractivity contribution in [3.8, 4) is 0 Å². The van der Waals surface area contributed by atoms with Crippen molar-refractivity contribution in [3.05, 3.63) is 77.0 Å². The second kappa shape index (κ2) is 8.51. The fourth-order valence-corrected chi connectivity index (χ4v) is 3.03. The molecule has 0 radical (unpaired) electrons. The van der Waals surface area contributed by atoms with Gasteiger partial charge in [0.25, 0.3) is 5.91 Å². The Balaban J connectivity index is 1.76. The van der Waals surface area contributed by atoms with E-state index < -0.39 is 5.97 Å². The largest absolute Gasteiger partial charge is 0.466 e. The van der Waals surface area contributed by atoms with E-state index in [-0.39, 0.29) is 36.9 Å². The second-order valence-electron chi connectivity index (χ2n) is 6.28. The van der Waals surface area contributed by atoms with Gasteiger partial charge < -0.3 is 20.1 Å². The summed E-state index contributed by atoms with van der Waals surface area (Å²) in [4.78, 5) is 25.9. The quantitative estimate of drug-likeness (QED) is 0.733. The number of carbonyl (C=O) groups excluding carboxylic acids is 2. The number of methoxy groups -OCH3 is 1. The number of nitrogens with one attached hydrogen (secondary N) is 1. The van der Waals surface area contributed by atoms with E-state index in [1.807, 2.05) is 42.5 Å². The number of ether oxygens (including phenoxy) is 1. The number of aliphatic hydroxyl groups is 1. The van der Waals surface area contributed by atoms with Crippen molar-refractivity contribution in [1.82, 2.24) is 4.90 Å². The zero-order chi connectivity index (χ0) is 19.2. The molecule has 0 unspecified atom stereocenters. The van der Waals surface area contributed by atoms with Gasteiger partial charge in [-0.2, -0.15) is 0 Å². The first-order valence-corrected chi connectivity index (χ1v) is 8.74. The van der Waals surface area contributed by atoms with Gasteiger partial charge in [0.05, 0.1) is 25.8 Å². The van der Waals surface area contributed by atoms with Crippen molar-refractivity contribution in [3.63, 3.8) is 0 Å². The van der Waals surface area contributed by atoms with Crippen LogP contribution in [0.25, 0.3) is 0 Å². The van der Waals surface area contributed by atoms with Gasteiger partial charge in [-0.3, -0.25) is 4.79 Å². The fourth-order valence-electron chi connectivity index (χ4n) is 3.03. The van der Waals surface area contributed by atoms with Gasteiger partial charge in [0.15, 0.2) is 0 Å². The van der Waals surface area contributed by atoms with E-state index >= 15 is 0 Å². The highest BCUT2D eigenvalue weighted by Crippen LogP contribution is 2.23. The number of hydrogen-bond donors (Lipinski definition) is 2. The molecule has 1 aliphatic rings. The average molecular weight is 366 g/mol. The highest BCUT2D eigenvalue weighted by molar-refractivity contribution is 6.08. The van der Waals surface area contributed by atoms with E-state index in [0.717, 1.165) is 12.0 Å². The summed E-state index contributed by atoms with van der Waals surface area (Å²) in [6.45, 7) is 0.128. The highest BCUT2D eigenvalue weighted by Gasteiger charge is 2.34. The fraction of sp³-hybridized carbons (Fsp3) is 0.238. The molecule has 0 saturated carbocycles. The van der Waals surface area contributed by atoms with Crippen LogP contribution >= 0.6 is 0 Å². The number of rotatable bonds is 7. The Bertz CT molecular complexity index is 844. The molecule has 140 valence electrons. The molecule has 2 aromatic carbocycles. The molecule has 1 amide bonds. The minimum absolute atomic E-state index is 0.125. The second-order valence-corrected chi connectivity index (χ2v) is 6.28. The zero-order valence-electron chi connectivity index (χ0n) is 15.1. The summed E-state index contributed by atoms with van der Waals surface area (Å²) in [6, 6.07) is 17.9. The Morgan fingerprint density at radius 3 is 2.41 bits per heavy atom. The van der Waals surface area contributed by atoms with Gasteiger partial charge in [-0.05, 0) is 29.7 Å². The Morgan fingerprint density at radius 2 is 1.78 bits per heavy atom. The number of anilines is 1. The number of nitrogens with zero attached hydrogens (tertiary/aromatic N) is 1. The average Bonchev–Trinajstić information content (AvgIpc) is 3.00. The molecule has 3 rings (SSSR count). The predicted molar refractivity (Wildman–Crippen MR) is 102 cm³/mol. The van der Waals surface area contributed by atoms with Gasteiger partial charge >= 0.3 is 5.97 Å². The molecule has 0 saturated heterocycles. The molecule has 6 nitrogen and oxygen atoms in total. The van der Waals surface area contributed by atoms with Crippen molar-refractivity contribution < 1.29 is 19.4 Å². The van der Waals surface area contributed by atoms with E-state index in [0.29, 0.717) is 5.69 Å². The molecule has 27 heavy (non-hydrogen) atoms. The third-order valence-electron chi connectivity index (χ3n) is 4.43. The van der Waals surface area contributed by atoms with Crippen molar-refractivity contribution in [2.45, 2.75) is 6.42 Å². The number of hydrogen-bond acceptors (Lipinski definition) is 5. The molecule has 0 aliphatic carbocycles. The SMILES string of the molecule is COC(=O)C1=C(Nc2ccc(Cc3ccccc3)cc2)C(=O)N(CCO)C1. The van der Waals surface area contributed by atoms with Crippen LogP contribution in [0.1, 0.15) is 11.1 Å². The number of aliphatic hydroxyl groups excluding tert-OH is 1. The first-order valence-electron chi connectivity index (χ1n) is 8.74. The lowest BCUT2D eigenvalue weighted by atomic mass is 10.0. The van der Waals surface area contributed by atoms with Crippen LogP contribution in [0.4, 0.5) is 5.69 Å². The van der Waals surface area contributed by atoms with Crippen LogP contribution in [0, 0.1) is 0 Å². The molecular formula is C21H22N2O4. The maximum absolute atomic E-state index is 12.5. The van der Waals surface area contributed by atoms with E-state index in [2.05, 4.69) is 17.4 Å². The van der Waals surface area contributed by atoms with Crippen LogP contribution in [-0.2, 0) is 20.7 Å². The smallest absolute Gasteiger partial charge is 0.337 e. The molecule has 1 aliphatic heterocycles. The summed E-state index contributed by atoms with van der Waals surface area (Å²) >= 11 is 0. The lowest BCUT2D eigenvalue weighted by Gasteiger charge is -2.15. The molecule has 2 aromatic rings. The lowest BCUT2D eigenvalue weighted by Crippen LogP contribution is -2.31. The van der Waals surface area contributed by atoms with Gasteiger partial charge in [-0.1, -0.05) is 42.5 Å². The lowest BCUT2D eigenvalue weighted by molar-refractivity contribution is -0.136. The maximum atomic E-state index is 12.5. The minimum atomic E-state index is -0.549. The molecule has 1 heterocycles. The number of carbonyl (C=O) groups is 2. The maximum Gasteiger partial charge on any atom is 0.337 e. The van der Waals surface area contributed by atoms with Gasteiger partial charge in [0.2, 0.25) is 0 Å². The van der Waals surface area contributed by atoms with Crippen molar-refractivity contribution in [2.75, 3.05) is 32.1 Å². The number of amides is 1. The van der Waals surface area contributed by atoms with Crippen LogP contribution in [0.2, 0.25) is 0 Å². The highest BCUT2D eigenvalue weighted by atomic mass is 16.5. The standard InChI is InChI=1S/C21H22N2O4/c1-27-21(26)18-14-23(11-12-24)20(25)19(18)22-17-9-7-16(8-10-17)13-15-5-3-2-4-6-15/h2-10,22,24H,11-14H2,1H3. The van der Waals surface area contributed by atoms with E-state index in [4.69, 9.17) is 9.84 Å². The zero-order valence-corrected chi connectivity index (χ0v) is 15.1. The van der Waals surface area contributed by atoms with Crippen molar-refractivity contribution in [2.24, 2.45) is 0 Å². The van der Waals surface area contributed by atoms with Crippen LogP contribution in [0.15, 0.2) is 65.9 Å². The summed E-state index contributed by atoms with van der Waals surface area (Å²) < 4.78 is 4.78. The summed E-state index contributed by atoms with van der Waals surface area (Å²) in [6.07, 6.45) is 0.820. The van der Waals surface area contributed by atoms with Crippen LogP contribution in [-0.4, -0.2) is 48.7 Å². The van der Waals surface area contributed by atoms with Gasteiger partial charge in [0, 0.05) is 12.2 Å². The molecule has 0 bridgehead atoms. The summed E-state index contributed by atoms with van der Waals surface area (Å²) in [5.41, 5.74) is 3.55. The van der Waals surface area contributed by atoms with Crippen LogP contribution in [0.5, 0.6) is 0 Å². The summed E-state index contributed by atoms with van der Waals surface area (Å²) in [7, 11) is 1.28. The summed E-state index contributed by atoms with van der Waals surface area (Å²) in [5, 5.41) is 12.1. The van der Waals surface area contributed by atoms with Crippen molar-refractivity contribution in [1.29, 1.82) is 0 Å². The van der Waals surface area contributed by atoms with E-state index in [1.54, 1.807) is 0 Å². The van der Waals surface area contributed by atoms with Crippen molar-refractivity contribution >= 4 is 17.6 Å². The molecule has 0 atom stereocenters. The van der Waals surface area contributed by atoms with E-state index in [9.17, 15) is 9.59 Å². The Morgan fingerprint density at radius 1 is 1.11 bits per heavy atom. The molecule has 2 N–H and O–H groups in total. The Kier molecular flexibility index (Phi) is 5.88. The van der Waals surface area contributed by atoms with Crippen LogP contribution in [0.3, 0.4) is 0 Å². The predicted octanol–water partition coefficient (Wildman–Crippen LogP) is 1.95. The van der Waals surface area contributed by atoms with E-state index in [1.165, 1.54) is 17.6 Å². The number of β-amino-alcohol motifs (C(OH)–C–C–N with tert-alkyl or cyclic N) is 1. The van der Waals surface area contributed by atoms with Crippen LogP contribution < -0.4 is 5.32 Å². The molecule has 0 spiro atoms.